The Hall–Kier alpha value is -1.45. The molecule has 174 valence electrons. The number of halogens is 3. The highest BCUT2D eigenvalue weighted by Gasteiger charge is 2.51. The van der Waals surface area contributed by atoms with E-state index >= 15 is 0 Å². The predicted octanol–water partition coefficient (Wildman–Crippen LogP) is 3.39. The van der Waals surface area contributed by atoms with Crippen LogP contribution in [0.4, 0.5) is 13.2 Å². The van der Waals surface area contributed by atoms with Crippen molar-refractivity contribution in [1.29, 1.82) is 0 Å². The number of piperidine rings is 1. The Morgan fingerprint density at radius 1 is 1.32 bits per heavy atom. The number of fused-ring (bicyclic) bond motifs is 2. The maximum absolute atomic E-state index is 12.9. The second-order valence-electron chi connectivity index (χ2n) is 9.27. The number of amidine groups is 1. The van der Waals surface area contributed by atoms with Crippen LogP contribution in [0.2, 0.25) is 0 Å². The van der Waals surface area contributed by atoms with Gasteiger partial charge in [-0.25, -0.2) is 9.98 Å². The molecule has 2 bridgehead atoms. The molecule has 0 aromatic carbocycles. The van der Waals surface area contributed by atoms with Gasteiger partial charge in [-0.15, -0.1) is 0 Å². The van der Waals surface area contributed by atoms with E-state index in [1.165, 1.54) is 0 Å². The molecule has 3 heterocycles. The molecule has 4 rings (SSSR count). The van der Waals surface area contributed by atoms with Crippen LogP contribution in [0.3, 0.4) is 0 Å². The van der Waals surface area contributed by atoms with E-state index < -0.39 is 18.2 Å². The van der Waals surface area contributed by atoms with Gasteiger partial charge in [0.05, 0.1) is 25.0 Å². The van der Waals surface area contributed by atoms with E-state index in [9.17, 15) is 13.2 Å². The Morgan fingerprint density at radius 3 is 2.58 bits per heavy atom. The van der Waals surface area contributed by atoms with Crippen molar-refractivity contribution < 1.29 is 22.6 Å². The fraction of sp³-hybridized carbons (Fsp3) is 0.818. The summed E-state index contributed by atoms with van der Waals surface area (Å²) >= 11 is 0. The molecule has 0 amide bonds. The summed E-state index contributed by atoms with van der Waals surface area (Å²) in [5.74, 6) is 1.28. The number of ether oxygens (including phenoxy) is 2. The van der Waals surface area contributed by atoms with Crippen molar-refractivity contribution in [2.24, 2.45) is 27.2 Å². The van der Waals surface area contributed by atoms with Crippen LogP contribution >= 0.6 is 0 Å². The normalized spacial score (nSPS) is 31.4. The first kappa shape index (κ1) is 22.7. The number of allylic oxidation sites excluding steroid dienone is 1. The van der Waals surface area contributed by atoms with E-state index in [4.69, 9.17) is 19.5 Å². The van der Waals surface area contributed by atoms with Crippen LogP contribution in [0.5, 0.6) is 0 Å². The zero-order valence-corrected chi connectivity index (χ0v) is 18.5. The van der Waals surface area contributed by atoms with Gasteiger partial charge in [0.2, 0.25) is 0 Å². The molecule has 9 heteroatoms. The number of likely N-dealkylation sites (tertiary alicyclic amines) is 1. The van der Waals surface area contributed by atoms with Crippen LogP contribution in [0.25, 0.3) is 0 Å². The van der Waals surface area contributed by atoms with Crippen LogP contribution in [0.1, 0.15) is 39.5 Å². The zero-order valence-electron chi connectivity index (χ0n) is 18.5. The summed E-state index contributed by atoms with van der Waals surface area (Å²) in [5.41, 5.74) is 0.185. The number of alkyl halides is 3. The van der Waals surface area contributed by atoms with E-state index in [-0.39, 0.29) is 17.9 Å². The van der Waals surface area contributed by atoms with Crippen molar-refractivity contribution >= 4 is 12.1 Å². The summed E-state index contributed by atoms with van der Waals surface area (Å²) < 4.78 is 49.3. The molecule has 4 aliphatic rings. The third-order valence-electron chi connectivity index (χ3n) is 7.49. The summed E-state index contributed by atoms with van der Waals surface area (Å²) in [6, 6.07) is 0.584. The minimum atomic E-state index is -4.37. The Bertz CT molecular complexity index is 750. The lowest BCUT2D eigenvalue weighted by Gasteiger charge is -2.41. The van der Waals surface area contributed by atoms with Crippen molar-refractivity contribution in [3.63, 3.8) is 0 Å². The second-order valence-corrected chi connectivity index (χ2v) is 9.27. The average molecular weight is 443 g/mol. The lowest BCUT2D eigenvalue weighted by atomic mass is 9.71. The Kier molecular flexibility index (Phi) is 6.47. The zero-order chi connectivity index (χ0) is 22.2. The van der Waals surface area contributed by atoms with E-state index in [1.54, 1.807) is 0 Å². The molecule has 1 unspecified atom stereocenters. The molecule has 0 aromatic rings. The van der Waals surface area contributed by atoms with Crippen molar-refractivity contribution in [2.75, 3.05) is 40.0 Å². The second kappa shape index (κ2) is 8.83. The molecule has 3 aliphatic heterocycles. The van der Waals surface area contributed by atoms with Crippen LogP contribution in [-0.2, 0) is 9.47 Å². The van der Waals surface area contributed by atoms with Gasteiger partial charge in [-0.3, -0.25) is 4.90 Å². The van der Waals surface area contributed by atoms with E-state index in [0.29, 0.717) is 23.9 Å². The number of hydrogen-bond acceptors (Lipinski definition) is 6. The van der Waals surface area contributed by atoms with Crippen LogP contribution < -0.4 is 5.32 Å². The molecule has 1 N–H and O–H groups in total. The van der Waals surface area contributed by atoms with Crippen LogP contribution in [0.15, 0.2) is 21.4 Å². The number of hydrogen-bond donors (Lipinski definition) is 1. The van der Waals surface area contributed by atoms with Crippen molar-refractivity contribution in [2.45, 2.75) is 57.8 Å². The van der Waals surface area contributed by atoms with Gasteiger partial charge in [0.1, 0.15) is 11.6 Å². The maximum Gasteiger partial charge on any atom is 0.422 e. The first-order chi connectivity index (χ1) is 14.8. The smallest absolute Gasteiger partial charge is 0.422 e. The summed E-state index contributed by atoms with van der Waals surface area (Å²) in [6.45, 7) is 6.43. The molecule has 2 fully saturated rings. The average Bonchev–Trinajstić information content (AvgIpc) is 2.84. The van der Waals surface area contributed by atoms with Gasteiger partial charge in [-0.2, -0.15) is 13.2 Å². The Morgan fingerprint density at radius 2 is 2.03 bits per heavy atom. The molecule has 3 atom stereocenters. The number of rotatable bonds is 7. The lowest BCUT2D eigenvalue weighted by molar-refractivity contribution is -0.165. The topological polar surface area (TPSA) is 58.5 Å². The van der Waals surface area contributed by atoms with Gasteiger partial charge in [0.15, 0.2) is 6.61 Å². The van der Waals surface area contributed by atoms with Gasteiger partial charge >= 0.3 is 6.18 Å². The summed E-state index contributed by atoms with van der Waals surface area (Å²) in [5, 5.41) is 3.35. The highest BCUT2D eigenvalue weighted by molar-refractivity contribution is 5.94. The van der Waals surface area contributed by atoms with Crippen molar-refractivity contribution in [3.05, 3.63) is 11.5 Å². The summed E-state index contributed by atoms with van der Waals surface area (Å²) in [6.07, 6.45) is 0.678. The van der Waals surface area contributed by atoms with Crippen molar-refractivity contribution in [3.8, 4) is 0 Å². The molecule has 0 saturated carbocycles. The minimum absolute atomic E-state index is 0.0448. The number of aliphatic imine (C=N–C) groups is 2. The third kappa shape index (κ3) is 4.41. The van der Waals surface area contributed by atoms with Gasteiger partial charge in [0, 0.05) is 35.9 Å². The van der Waals surface area contributed by atoms with Gasteiger partial charge in [-0.05, 0) is 39.4 Å². The van der Waals surface area contributed by atoms with Gasteiger partial charge < -0.3 is 14.8 Å². The molecule has 0 spiro atoms. The molecular formula is C22H33F3N4O2. The highest BCUT2D eigenvalue weighted by Crippen LogP contribution is 2.52. The summed E-state index contributed by atoms with van der Waals surface area (Å²) in [7, 11) is 1.89. The Balaban J connectivity index is 1.60. The monoisotopic (exact) mass is 442 g/mol. The van der Waals surface area contributed by atoms with Crippen LogP contribution in [0, 0.1) is 17.3 Å². The molecule has 0 aromatic heterocycles. The lowest BCUT2D eigenvalue weighted by Crippen LogP contribution is -2.52. The standard InChI is InChI=1S/C22H33F3N4O2/c1-4-18(26-3)21(2)15-9-17(31-13-22(23,24)25)19(21)28-20(27-10-15)14-5-7-29(8-6-14)16-11-30-12-16/h10,14-16,18,26H,4-9,11-13H2,1-3H3/t15-,18?,21-/m0/s1. The number of nitrogens with one attached hydrogen (secondary N) is 1. The molecular weight excluding hydrogens is 409 g/mol. The first-order valence-corrected chi connectivity index (χ1v) is 11.3. The van der Waals surface area contributed by atoms with E-state index in [0.717, 1.165) is 51.4 Å². The minimum Gasteiger partial charge on any atom is -0.487 e. The Labute approximate surface area is 182 Å². The SMILES string of the molecule is CCC(NC)[C@@]1(C)C2=C(OCC(F)(F)F)C[C@H]1C=NC(C1CCN(C3COC3)CC1)=N2. The van der Waals surface area contributed by atoms with Gasteiger partial charge in [0.25, 0.3) is 0 Å². The fourth-order valence-corrected chi connectivity index (χ4v) is 5.49. The van der Waals surface area contributed by atoms with E-state index in [2.05, 4.69) is 24.1 Å². The first-order valence-electron chi connectivity index (χ1n) is 11.3. The molecule has 2 saturated heterocycles. The molecule has 1 aliphatic carbocycles. The van der Waals surface area contributed by atoms with E-state index in [1.807, 2.05) is 13.3 Å². The maximum atomic E-state index is 12.9. The molecule has 0 radical (unpaired) electrons. The van der Waals surface area contributed by atoms with Gasteiger partial charge in [-0.1, -0.05) is 13.8 Å². The predicted molar refractivity (Wildman–Crippen MR) is 113 cm³/mol. The largest absolute Gasteiger partial charge is 0.487 e. The molecule has 31 heavy (non-hydrogen) atoms. The highest BCUT2D eigenvalue weighted by atomic mass is 19.4. The molecule has 6 nitrogen and oxygen atoms in total. The fourth-order valence-electron chi connectivity index (χ4n) is 5.49. The third-order valence-corrected chi connectivity index (χ3v) is 7.49. The quantitative estimate of drug-likeness (QED) is 0.657. The van der Waals surface area contributed by atoms with Crippen molar-refractivity contribution in [1.82, 2.24) is 10.2 Å². The summed E-state index contributed by atoms with van der Waals surface area (Å²) in [4.78, 5) is 12.2. The number of nitrogens with zero attached hydrogens (tertiary/aromatic N) is 3. The van der Waals surface area contributed by atoms with Crippen LogP contribution in [-0.4, -0.2) is 75.2 Å².